The molecule has 2 aliphatic rings. The van der Waals surface area contributed by atoms with Gasteiger partial charge >= 0.3 is 0 Å². The highest BCUT2D eigenvalue weighted by Gasteiger charge is 2.40. The molecule has 0 unspecified atom stereocenters. The average Bonchev–Trinajstić information content (AvgIpc) is 2.57. The van der Waals surface area contributed by atoms with Gasteiger partial charge in [-0.05, 0) is 6.07 Å². The molecular formula is C12H13NO2. The van der Waals surface area contributed by atoms with Crippen LogP contribution in [0.4, 0.5) is 0 Å². The number of likely N-dealkylation sites (tertiary alicyclic amines) is 1. The van der Waals surface area contributed by atoms with Crippen molar-refractivity contribution in [1.82, 2.24) is 4.90 Å². The Hall–Kier alpha value is -1.51. The SMILES string of the molecule is CC(=O)N1C[C@@H]2C[C@H]1c1ccccc1O2. The summed E-state index contributed by atoms with van der Waals surface area (Å²) < 4.78 is 5.81. The Balaban J connectivity index is 2.05. The third-order valence-electron chi connectivity index (χ3n) is 3.24. The molecular weight excluding hydrogens is 190 g/mol. The Morgan fingerprint density at radius 1 is 1.47 bits per heavy atom. The lowest BCUT2D eigenvalue weighted by Crippen LogP contribution is -2.28. The number of para-hydroxylation sites is 1. The van der Waals surface area contributed by atoms with Gasteiger partial charge < -0.3 is 9.64 Å². The van der Waals surface area contributed by atoms with E-state index in [1.54, 1.807) is 6.92 Å². The Labute approximate surface area is 88.6 Å². The number of fused-ring (bicyclic) bond motifs is 4. The molecule has 1 saturated heterocycles. The van der Waals surface area contributed by atoms with Crippen LogP contribution in [0, 0.1) is 0 Å². The molecule has 3 heteroatoms. The highest BCUT2D eigenvalue weighted by molar-refractivity contribution is 5.74. The number of rotatable bonds is 0. The number of amides is 1. The second-order valence-corrected chi connectivity index (χ2v) is 4.20. The first kappa shape index (κ1) is 8.77. The molecule has 1 fully saturated rings. The minimum Gasteiger partial charge on any atom is -0.488 e. The largest absolute Gasteiger partial charge is 0.488 e. The van der Waals surface area contributed by atoms with Crippen LogP contribution in [-0.2, 0) is 4.79 Å². The van der Waals surface area contributed by atoms with Crippen molar-refractivity contribution in [2.75, 3.05) is 6.54 Å². The molecule has 2 aliphatic heterocycles. The fourth-order valence-electron chi connectivity index (χ4n) is 2.57. The highest BCUT2D eigenvalue weighted by atomic mass is 16.5. The minimum absolute atomic E-state index is 0.141. The van der Waals surface area contributed by atoms with Crippen molar-refractivity contribution in [3.63, 3.8) is 0 Å². The van der Waals surface area contributed by atoms with Crippen molar-refractivity contribution in [1.29, 1.82) is 0 Å². The number of carbonyl (C=O) groups is 1. The lowest BCUT2D eigenvalue weighted by Gasteiger charge is -2.25. The van der Waals surface area contributed by atoms with Crippen LogP contribution in [0.5, 0.6) is 5.75 Å². The first-order chi connectivity index (χ1) is 7.25. The minimum atomic E-state index is 0.141. The predicted molar refractivity (Wildman–Crippen MR) is 55.6 cm³/mol. The van der Waals surface area contributed by atoms with Crippen molar-refractivity contribution in [2.24, 2.45) is 0 Å². The molecule has 0 spiro atoms. The van der Waals surface area contributed by atoms with Crippen molar-refractivity contribution < 1.29 is 9.53 Å². The standard InChI is InChI=1S/C12H13NO2/c1-8(14)13-7-9-6-11(13)10-4-2-3-5-12(10)15-9/h2-5,9,11H,6-7H2,1H3/t9-,11-/m0/s1. The maximum absolute atomic E-state index is 11.5. The molecule has 0 aliphatic carbocycles. The number of hydrogen-bond donors (Lipinski definition) is 0. The maximum atomic E-state index is 11.5. The molecule has 2 bridgehead atoms. The summed E-state index contributed by atoms with van der Waals surface area (Å²) in [6.45, 7) is 2.36. The zero-order valence-electron chi connectivity index (χ0n) is 8.64. The fraction of sp³-hybridized carbons (Fsp3) is 0.417. The maximum Gasteiger partial charge on any atom is 0.220 e. The summed E-state index contributed by atoms with van der Waals surface area (Å²) in [5, 5.41) is 0. The Bertz CT molecular complexity index is 416. The van der Waals surface area contributed by atoms with Crippen molar-refractivity contribution in [3.05, 3.63) is 29.8 Å². The summed E-state index contributed by atoms with van der Waals surface area (Å²) in [6.07, 6.45) is 1.13. The van der Waals surface area contributed by atoms with Gasteiger partial charge in [0.15, 0.2) is 0 Å². The molecule has 3 rings (SSSR count). The molecule has 2 heterocycles. The van der Waals surface area contributed by atoms with Crippen LogP contribution in [0.2, 0.25) is 0 Å². The van der Waals surface area contributed by atoms with Crippen LogP contribution >= 0.6 is 0 Å². The Morgan fingerprint density at radius 2 is 2.27 bits per heavy atom. The molecule has 3 nitrogen and oxygen atoms in total. The van der Waals surface area contributed by atoms with E-state index in [0.717, 1.165) is 24.3 Å². The summed E-state index contributed by atoms with van der Waals surface area (Å²) in [5.41, 5.74) is 1.15. The van der Waals surface area contributed by atoms with E-state index in [0.29, 0.717) is 0 Å². The van der Waals surface area contributed by atoms with Crippen molar-refractivity contribution in [2.45, 2.75) is 25.5 Å². The van der Waals surface area contributed by atoms with E-state index in [1.807, 2.05) is 23.1 Å². The van der Waals surface area contributed by atoms with Crippen molar-refractivity contribution >= 4 is 5.91 Å². The molecule has 0 radical (unpaired) electrons. The van der Waals surface area contributed by atoms with Gasteiger partial charge in [0.05, 0.1) is 12.6 Å². The number of hydrogen-bond acceptors (Lipinski definition) is 2. The van der Waals surface area contributed by atoms with Gasteiger partial charge in [-0.25, -0.2) is 0 Å². The van der Waals surface area contributed by atoms with Crippen LogP contribution in [0.15, 0.2) is 24.3 Å². The van der Waals surface area contributed by atoms with E-state index in [-0.39, 0.29) is 18.1 Å². The van der Waals surface area contributed by atoms with E-state index in [4.69, 9.17) is 4.74 Å². The third-order valence-corrected chi connectivity index (χ3v) is 3.24. The van der Waals surface area contributed by atoms with Crippen LogP contribution in [0.25, 0.3) is 0 Å². The molecule has 78 valence electrons. The monoisotopic (exact) mass is 203 g/mol. The lowest BCUT2D eigenvalue weighted by molar-refractivity contribution is -0.129. The molecule has 15 heavy (non-hydrogen) atoms. The predicted octanol–water partition coefficient (Wildman–Crippen LogP) is 1.74. The van der Waals surface area contributed by atoms with Gasteiger partial charge in [-0.3, -0.25) is 4.79 Å². The van der Waals surface area contributed by atoms with Gasteiger partial charge in [-0.1, -0.05) is 18.2 Å². The second-order valence-electron chi connectivity index (χ2n) is 4.20. The first-order valence-electron chi connectivity index (χ1n) is 5.28. The number of benzene rings is 1. The zero-order valence-corrected chi connectivity index (χ0v) is 8.64. The molecule has 0 saturated carbocycles. The summed E-state index contributed by atoms with van der Waals surface area (Å²) in [6, 6.07) is 8.24. The molecule has 2 atom stereocenters. The van der Waals surface area contributed by atoms with Crippen molar-refractivity contribution in [3.8, 4) is 5.75 Å². The van der Waals surface area contributed by atoms with Gasteiger partial charge in [-0.15, -0.1) is 0 Å². The average molecular weight is 203 g/mol. The fourth-order valence-corrected chi connectivity index (χ4v) is 2.57. The Morgan fingerprint density at radius 3 is 3.07 bits per heavy atom. The summed E-state index contributed by atoms with van der Waals surface area (Å²) >= 11 is 0. The number of nitrogens with zero attached hydrogens (tertiary/aromatic N) is 1. The summed E-state index contributed by atoms with van der Waals surface area (Å²) in [5.74, 6) is 1.09. The van der Waals surface area contributed by atoms with Gasteiger partial charge in [0.25, 0.3) is 0 Å². The molecule has 1 amide bonds. The topological polar surface area (TPSA) is 29.5 Å². The molecule has 0 N–H and O–H groups in total. The van der Waals surface area contributed by atoms with Crippen LogP contribution in [0.3, 0.4) is 0 Å². The molecule has 0 aromatic heterocycles. The van der Waals surface area contributed by atoms with E-state index in [2.05, 4.69) is 6.07 Å². The smallest absolute Gasteiger partial charge is 0.220 e. The van der Waals surface area contributed by atoms with Gasteiger partial charge in [0, 0.05) is 18.9 Å². The van der Waals surface area contributed by atoms with Gasteiger partial charge in [0.1, 0.15) is 11.9 Å². The second kappa shape index (κ2) is 2.99. The third kappa shape index (κ3) is 1.23. The highest BCUT2D eigenvalue weighted by Crippen LogP contribution is 2.43. The van der Waals surface area contributed by atoms with Crippen LogP contribution in [0.1, 0.15) is 24.9 Å². The lowest BCUT2D eigenvalue weighted by atomic mass is 10.0. The van der Waals surface area contributed by atoms with Gasteiger partial charge in [-0.2, -0.15) is 0 Å². The molecule has 1 aromatic rings. The first-order valence-corrected chi connectivity index (χ1v) is 5.28. The van der Waals surface area contributed by atoms with E-state index < -0.39 is 0 Å². The van der Waals surface area contributed by atoms with Crippen LogP contribution in [-0.4, -0.2) is 23.5 Å². The summed E-state index contributed by atoms with van der Waals surface area (Å²) in [7, 11) is 0. The van der Waals surface area contributed by atoms with E-state index >= 15 is 0 Å². The van der Waals surface area contributed by atoms with Gasteiger partial charge in [0.2, 0.25) is 5.91 Å². The number of ether oxygens (including phenoxy) is 1. The van der Waals surface area contributed by atoms with E-state index in [1.165, 1.54) is 0 Å². The molecule has 1 aromatic carbocycles. The normalized spacial score (nSPS) is 27.1. The van der Waals surface area contributed by atoms with E-state index in [9.17, 15) is 4.79 Å². The number of carbonyl (C=O) groups excluding carboxylic acids is 1. The zero-order chi connectivity index (χ0) is 10.4. The van der Waals surface area contributed by atoms with Crippen LogP contribution < -0.4 is 4.74 Å². The Kier molecular flexibility index (Phi) is 1.75. The quantitative estimate of drug-likeness (QED) is 0.642. The summed E-state index contributed by atoms with van der Waals surface area (Å²) in [4.78, 5) is 13.4.